The van der Waals surface area contributed by atoms with Gasteiger partial charge in [-0.2, -0.15) is 0 Å². The van der Waals surface area contributed by atoms with Crippen LogP contribution in [0.25, 0.3) is 0 Å². The molecular weight excluding hydrogens is 242 g/mol. The van der Waals surface area contributed by atoms with Crippen molar-refractivity contribution in [2.75, 3.05) is 0 Å². The Morgan fingerprint density at radius 3 is 2.94 bits per heavy atom. The average Bonchev–Trinajstić information content (AvgIpc) is 2.88. The molecule has 16 heavy (non-hydrogen) atoms. The zero-order chi connectivity index (χ0) is 11.4. The molecule has 0 radical (unpaired) electrons. The monoisotopic (exact) mass is 255 g/mol. The van der Waals surface area contributed by atoms with Gasteiger partial charge in [0.15, 0.2) is 0 Å². The van der Waals surface area contributed by atoms with Crippen LogP contribution >= 0.6 is 22.9 Å². The number of nitrogens with zero attached hydrogens (tertiary/aromatic N) is 3. The summed E-state index contributed by atoms with van der Waals surface area (Å²) < 4.78 is 2.00. The molecule has 0 aliphatic carbocycles. The van der Waals surface area contributed by atoms with Gasteiger partial charge in [-0.1, -0.05) is 13.0 Å². The molecule has 0 fully saturated rings. The summed E-state index contributed by atoms with van der Waals surface area (Å²) in [5.74, 6) is 0.990. The number of halogens is 1. The third-order valence-electron chi connectivity index (χ3n) is 2.42. The second-order valence-corrected chi connectivity index (χ2v) is 4.99. The summed E-state index contributed by atoms with van der Waals surface area (Å²) >= 11 is 7.79. The van der Waals surface area contributed by atoms with E-state index in [0.29, 0.717) is 5.28 Å². The quantitative estimate of drug-likeness (QED) is 0.822. The molecule has 2 rings (SSSR count). The van der Waals surface area contributed by atoms with Crippen molar-refractivity contribution in [1.82, 2.24) is 14.8 Å². The lowest BCUT2D eigenvalue weighted by Crippen LogP contribution is -2.06. The predicted molar refractivity (Wildman–Crippen MR) is 67.1 cm³/mol. The van der Waals surface area contributed by atoms with Crippen LogP contribution in [0.5, 0.6) is 0 Å². The summed E-state index contributed by atoms with van der Waals surface area (Å²) in [5, 5.41) is 10.6. The molecule has 5 heteroatoms. The van der Waals surface area contributed by atoms with Crippen LogP contribution in [0.2, 0.25) is 5.28 Å². The fourth-order valence-electron chi connectivity index (χ4n) is 1.62. The van der Waals surface area contributed by atoms with Crippen molar-refractivity contribution < 1.29 is 0 Å². The van der Waals surface area contributed by atoms with E-state index in [0.717, 1.165) is 31.6 Å². The minimum atomic E-state index is 0.500. The van der Waals surface area contributed by atoms with Gasteiger partial charge in [0.2, 0.25) is 5.28 Å². The van der Waals surface area contributed by atoms with Crippen LogP contribution in [-0.2, 0) is 19.4 Å². The third kappa shape index (κ3) is 2.62. The van der Waals surface area contributed by atoms with Gasteiger partial charge in [0.05, 0.1) is 0 Å². The molecule has 2 heterocycles. The number of aryl methyl sites for hydroxylation is 2. The van der Waals surface area contributed by atoms with Crippen molar-refractivity contribution in [2.45, 2.75) is 32.7 Å². The van der Waals surface area contributed by atoms with Crippen LogP contribution in [0.15, 0.2) is 17.5 Å². The molecule has 2 aromatic heterocycles. The first-order chi connectivity index (χ1) is 7.81. The van der Waals surface area contributed by atoms with Gasteiger partial charge in [0, 0.05) is 17.8 Å². The molecular formula is C11H14ClN3S. The number of thiophene rings is 1. The van der Waals surface area contributed by atoms with Gasteiger partial charge in [0.1, 0.15) is 5.82 Å². The lowest BCUT2D eigenvalue weighted by atomic mass is 10.3. The Morgan fingerprint density at radius 2 is 2.25 bits per heavy atom. The highest BCUT2D eigenvalue weighted by molar-refractivity contribution is 7.09. The average molecular weight is 256 g/mol. The van der Waals surface area contributed by atoms with Gasteiger partial charge < -0.3 is 4.57 Å². The number of aromatic nitrogens is 3. The normalized spacial score (nSPS) is 10.9. The maximum absolute atomic E-state index is 6.01. The van der Waals surface area contributed by atoms with Crippen LogP contribution in [0, 0.1) is 0 Å². The second kappa shape index (κ2) is 5.46. The molecule has 86 valence electrons. The standard InChI is InChI=1S/C11H14ClN3S/c1-2-4-10-13-14-11(12)15(10)7-6-9-5-3-8-16-9/h3,5,8H,2,4,6-7H2,1H3. The highest BCUT2D eigenvalue weighted by atomic mass is 35.5. The van der Waals surface area contributed by atoms with Crippen molar-refractivity contribution in [3.05, 3.63) is 33.5 Å². The van der Waals surface area contributed by atoms with Crippen LogP contribution in [0.1, 0.15) is 24.0 Å². The zero-order valence-corrected chi connectivity index (χ0v) is 10.8. The van der Waals surface area contributed by atoms with E-state index >= 15 is 0 Å². The van der Waals surface area contributed by atoms with E-state index in [1.165, 1.54) is 4.88 Å². The van der Waals surface area contributed by atoms with E-state index in [1.54, 1.807) is 11.3 Å². The van der Waals surface area contributed by atoms with Crippen molar-refractivity contribution in [1.29, 1.82) is 0 Å². The third-order valence-corrected chi connectivity index (χ3v) is 3.63. The molecule has 0 spiro atoms. The molecule has 0 aliphatic heterocycles. The van der Waals surface area contributed by atoms with Crippen LogP contribution in [0.3, 0.4) is 0 Å². The molecule has 0 bridgehead atoms. The topological polar surface area (TPSA) is 30.7 Å². The predicted octanol–water partition coefficient (Wildman–Crippen LogP) is 3.19. The molecule has 0 aromatic carbocycles. The van der Waals surface area contributed by atoms with E-state index in [4.69, 9.17) is 11.6 Å². The summed E-state index contributed by atoms with van der Waals surface area (Å²) in [6.45, 7) is 2.99. The molecule has 2 aromatic rings. The van der Waals surface area contributed by atoms with Gasteiger partial charge in [-0.05, 0) is 35.9 Å². The first-order valence-electron chi connectivity index (χ1n) is 5.41. The smallest absolute Gasteiger partial charge is 0.225 e. The van der Waals surface area contributed by atoms with E-state index < -0.39 is 0 Å². The van der Waals surface area contributed by atoms with Crippen molar-refractivity contribution in [3.8, 4) is 0 Å². The minimum absolute atomic E-state index is 0.500. The Balaban J connectivity index is 2.05. The van der Waals surface area contributed by atoms with Gasteiger partial charge in [0.25, 0.3) is 0 Å². The number of hydrogen-bond donors (Lipinski definition) is 0. The lowest BCUT2D eigenvalue weighted by molar-refractivity contribution is 0.647. The summed E-state index contributed by atoms with van der Waals surface area (Å²) in [7, 11) is 0. The van der Waals surface area contributed by atoms with Crippen molar-refractivity contribution >= 4 is 22.9 Å². The molecule has 0 saturated carbocycles. The fraction of sp³-hybridized carbons (Fsp3) is 0.455. The molecule has 0 aliphatic rings. The maximum Gasteiger partial charge on any atom is 0.225 e. The Labute approximate surface area is 104 Å². The van der Waals surface area contributed by atoms with Gasteiger partial charge in [-0.25, -0.2) is 0 Å². The van der Waals surface area contributed by atoms with Crippen molar-refractivity contribution in [2.24, 2.45) is 0 Å². The largest absolute Gasteiger partial charge is 0.301 e. The highest BCUT2D eigenvalue weighted by Crippen LogP contribution is 2.14. The molecule has 0 N–H and O–H groups in total. The maximum atomic E-state index is 6.01. The van der Waals surface area contributed by atoms with Gasteiger partial charge in [-0.3, -0.25) is 0 Å². The summed E-state index contributed by atoms with van der Waals surface area (Å²) in [6, 6.07) is 4.21. The minimum Gasteiger partial charge on any atom is -0.301 e. The Kier molecular flexibility index (Phi) is 3.96. The van der Waals surface area contributed by atoms with Crippen LogP contribution < -0.4 is 0 Å². The zero-order valence-electron chi connectivity index (χ0n) is 9.19. The molecule has 0 unspecified atom stereocenters. The van der Waals surface area contributed by atoms with E-state index in [1.807, 2.05) is 4.57 Å². The number of rotatable bonds is 5. The molecule has 0 amide bonds. The van der Waals surface area contributed by atoms with Crippen LogP contribution in [0.4, 0.5) is 0 Å². The van der Waals surface area contributed by atoms with Crippen molar-refractivity contribution in [3.63, 3.8) is 0 Å². The van der Waals surface area contributed by atoms with E-state index in [-0.39, 0.29) is 0 Å². The first-order valence-corrected chi connectivity index (χ1v) is 6.67. The Morgan fingerprint density at radius 1 is 1.38 bits per heavy atom. The summed E-state index contributed by atoms with van der Waals surface area (Å²) in [5.41, 5.74) is 0. The van der Waals surface area contributed by atoms with E-state index in [2.05, 4.69) is 34.6 Å². The number of hydrogen-bond acceptors (Lipinski definition) is 3. The molecule has 3 nitrogen and oxygen atoms in total. The Bertz CT molecular complexity index is 436. The SMILES string of the molecule is CCCc1nnc(Cl)n1CCc1cccs1. The first kappa shape index (κ1) is 11.6. The summed E-state index contributed by atoms with van der Waals surface area (Å²) in [4.78, 5) is 1.37. The van der Waals surface area contributed by atoms with Gasteiger partial charge in [-0.15, -0.1) is 21.5 Å². The van der Waals surface area contributed by atoms with E-state index in [9.17, 15) is 0 Å². The Hall–Kier alpha value is -0.870. The van der Waals surface area contributed by atoms with Gasteiger partial charge >= 0.3 is 0 Å². The second-order valence-electron chi connectivity index (χ2n) is 3.62. The highest BCUT2D eigenvalue weighted by Gasteiger charge is 2.09. The lowest BCUT2D eigenvalue weighted by Gasteiger charge is -2.05. The molecule has 0 atom stereocenters. The van der Waals surface area contributed by atoms with Crippen LogP contribution in [-0.4, -0.2) is 14.8 Å². The molecule has 0 saturated heterocycles. The fourth-order valence-corrected chi connectivity index (χ4v) is 2.54. The summed E-state index contributed by atoms with van der Waals surface area (Å²) in [6.07, 6.45) is 2.99.